The Morgan fingerprint density at radius 3 is 1.54 bits per heavy atom. The average Bonchev–Trinajstić information content (AvgIpc) is 3.11. The molecule has 0 bridgehead atoms. The molecule has 1 aromatic heterocycles. The molecule has 50 heavy (non-hydrogen) atoms. The van der Waals surface area contributed by atoms with Crippen molar-refractivity contribution in [3.63, 3.8) is 0 Å². The number of ether oxygens (including phenoxy) is 2. The molecule has 1 rings (SSSR count). The molecule has 0 spiro atoms. The van der Waals surface area contributed by atoms with Gasteiger partial charge in [-0.05, 0) is 84.0 Å². The van der Waals surface area contributed by atoms with Gasteiger partial charge < -0.3 is 14.6 Å². The number of nitrogens with zero attached hydrogens (tertiary/aromatic N) is 1. The van der Waals surface area contributed by atoms with E-state index in [1.54, 1.807) is 13.1 Å². The summed E-state index contributed by atoms with van der Waals surface area (Å²) in [6.07, 6.45) is 45.1. The fraction of sp³-hybridized carbons (Fsp3) is 0.659. The predicted molar refractivity (Wildman–Crippen MR) is 209 cm³/mol. The van der Waals surface area contributed by atoms with Gasteiger partial charge in [-0.3, -0.25) is 14.6 Å². The van der Waals surface area contributed by atoms with E-state index in [1.165, 1.54) is 57.8 Å². The van der Waals surface area contributed by atoms with Crippen molar-refractivity contribution in [1.29, 1.82) is 0 Å². The van der Waals surface area contributed by atoms with Crippen LogP contribution in [0.2, 0.25) is 0 Å². The zero-order valence-corrected chi connectivity index (χ0v) is 32.1. The summed E-state index contributed by atoms with van der Waals surface area (Å²) in [5.41, 5.74) is 1.55. The van der Waals surface area contributed by atoms with E-state index < -0.39 is 0 Å². The Morgan fingerprint density at radius 1 is 0.620 bits per heavy atom. The number of carbonyl (C=O) groups is 2. The molecule has 1 N–H and O–H groups in total. The number of aliphatic hydroxyl groups is 1. The van der Waals surface area contributed by atoms with Crippen LogP contribution in [-0.2, 0) is 27.5 Å². The number of rotatable bonds is 32. The Kier molecular flexibility index (Phi) is 29.9. The minimum absolute atomic E-state index is 0.0509. The molecule has 0 aliphatic carbocycles. The number of aromatic nitrogens is 1. The van der Waals surface area contributed by atoms with Crippen molar-refractivity contribution in [2.75, 3.05) is 0 Å². The van der Waals surface area contributed by atoms with Crippen LogP contribution in [-0.4, -0.2) is 22.0 Å². The highest BCUT2D eigenvalue weighted by molar-refractivity contribution is 5.73. The van der Waals surface area contributed by atoms with E-state index in [4.69, 9.17) is 9.47 Å². The van der Waals surface area contributed by atoms with E-state index in [0.29, 0.717) is 35.4 Å². The van der Waals surface area contributed by atoms with Crippen LogP contribution in [0.1, 0.15) is 185 Å². The van der Waals surface area contributed by atoms with Gasteiger partial charge in [0.2, 0.25) is 0 Å². The third-order valence-electron chi connectivity index (χ3n) is 8.83. The van der Waals surface area contributed by atoms with Crippen molar-refractivity contribution < 1.29 is 24.2 Å². The number of esters is 2. The maximum absolute atomic E-state index is 12.7. The van der Waals surface area contributed by atoms with E-state index in [1.807, 2.05) is 0 Å². The first-order valence-corrected chi connectivity index (χ1v) is 20.1. The number of hydrogen-bond acceptors (Lipinski definition) is 6. The lowest BCUT2D eigenvalue weighted by Crippen LogP contribution is -2.14. The molecule has 0 radical (unpaired) electrons. The van der Waals surface area contributed by atoms with Crippen molar-refractivity contribution in [3.05, 3.63) is 71.6 Å². The molecule has 0 saturated carbocycles. The quantitative estimate of drug-likeness (QED) is 0.0459. The zero-order chi connectivity index (χ0) is 36.3. The molecule has 0 aliphatic rings. The second kappa shape index (κ2) is 33.2. The molecule has 1 aromatic rings. The fourth-order valence-corrected chi connectivity index (χ4v) is 5.66. The molecule has 0 saturated heterocycles. The third-order valence-corrected chi connectivity index (χ3v) is 8.83. The highest BCUT2D eigenvalue weighted by Crippen LogP contribution is 2.27. The van der Waals surface area contributed by atoms with Crippen LogP contribution in [0.3, 0.4) is 0 Å². The predicted octanol–water partition coefficient (Wildman–Crippen LogP) is 12.5. The standard InChI is InChI=1S/C44H71NO5/c1-4-6-8-10-12-14-16-18-20-22-24-26-28-30-32-34-42(47)49-38-41-40(37-46)36-45-39(3)44(41)50-43(48)35-33-31-29-27-25-23-21-19-17-15-13-11-9-7-5-2/h12-15,18-21,36,46H,4-11,16-17,22-35,37-38H2,1-3H3/b14-12-,15-13-,20-18-,21-19-. The summed E-state index contributed by atoms with van der Waals surface area (Å²) in [6, 6.07) is 0. The number of unbranched alkanes of at least 4 members (excludes halogenated alkanes) is 16. The van der Waals surface area contributed by atoms with Crippen molar-refractivity contribution >= 4 is 11.9 Å². The number of hydrogen-bond donors (Lipinski definition) is 1. The molecular weight excluding hydrogens is 622 g/mol. The first-order valence-electron chi connectivity index (χ1n) is 20.1. The average molecular weight is 694 g/mol. The van der Waals surface area contributed by atoms with Gasteiger partial charge in [-0.25, -0.2) is 0 Å². The summed E-state index contributed by atoms with van der Waals surface area (Å²) in [5, 5.41) is 9.90. The second-order valence-corrected chi connectivity index (χ2v) is 13.4. The maximum atomic E-state index is 12.7. The van der Waals surface area contributed by atoms with Crippen LogP contribution in [0.15, 0.2) is 54.8 Å². The van der Waals surface area contributed by atoms with Crippen molar-refractivity contribution in [3.8, 4) is 5.75 Å². The first-order chi connectivity index (χ1) is 24.5. The van der Waals surface area contributed by atoms with Crippen LogP contribution in [0.5, 0.6) is 5.75 Å². The molecule has 1 heterocycles. The van der Waals surface area contributed by atoms with Crippen LogP contribution >= 0.6 is 0 Å². The zero-order valence-electron chi connectivity index (χ0n) is 32.1. The normalized spacial score (nSPS) is 11.9. The van der Waals surface area contributed by atoms with Crippen molar-refractivity contribution in [1.82, 2.24) is 4.98 Å². The van der Waals surface area contributed by atoms with Gasteiger partial charge in [-0.15, -0.1) is 0 Å². The Morgan fingerprint density at radius 2 is 1.06 bits per heavy atom. The summed E-state index contributed by atoms with van der Waals surface area (Å²) in [7, 11) is 0. The van der Waals surface area contributed by atoms with E-state index in [9.17, 15) is 14.7 Å². The largest absolute Gasteiger partial charge is 0.461 e. The monoisotopic (exact) mass is 694 g/mol. The molecule has 0 atom stereocenters. The van der Waals surface area contributed by atoms with Gasteiger partial charge in [-0.1, -0.05) is 127 Å². The van der Waals surface area contributed by atoms with Crippen LogP contribution in [0, 0.1) is 6.92 Å². The van der Waals surface area contributed by atoms with Gasteiger partial charge in [0.1, 0.15) is 6.61 Å². The third kappa shape index (κ3) is 25.0. The lowest BCUT2D eigenvalue weighted by molar-refractivity contribution is -0.145. The van der Waals surface area contributed by atoms with E-state index >= 15 is 0 Å². The molecule has 0 aliphatic heterocycles. The van der Waals surface area contributed by atoms with Crippen molar-refractivity contribution in [2.45, 2.75) is 188 Å². The summed E-state index contributed by atoms with van der Waals surface area (Å²) in [6.45, 7) is 5.90. The molecular formula is C44H71NO5. The van der Waals surface area contributed by atoms with Crippen LogP contribution < -0.4 is 4.74 Å². The Hall–Kier alpha value is -2.99. The number of pyridine rings is 1. The topological polar surface area (TPSA) is 85.7 Å². The minimum atomic E-state index is -0.326. The Labute approximate surface area is 305 Å². The lowest BCUT2D eigenvalue weighted by Gasteiger charge is -2.16. The number of aliphatic hydroxyl groups excluding tert-OH is 1. The Bertz CT molecular complexity index is 1120. The SMILES string of the molecule is CCCCC/C=C\C/C=C\CCCCCCCC(=O)OCc1c(CO)cnc(C)c1OC(=O)CCCCCCC/C=C\C/C=C\CCCCC. The van der Waals surface area contributed by atoms with Crippen LogP contribution in [0.4, 0.5) is 0 Å². The summed E-state index contributed by atoms with van der Waals surface area (Å²) in [4.78, 5) is 29.5. The molecule has 6 nitrogen and oxygen atoms in total. The second-order valence-electron chi connectivity index (χ2n) is 13.4. The van der Waals surface area contributed by atoms with Crippen molar-refractivity contribution in [2.24, 2.45) is 0 Å². The smallest absolute Gasteiger partial charge is 0.311 e. The first kappa shape index (κ1) is 45.0. The number of allylic oxidation sites excluding steroid dienone is 8. The number of aryl methyl sites for hydroxylation is 1. The highest BCUT2D eigenvalue weighted by Gasteiger charge is 2.18. The lowest BCUT2D eigenvalue weighted by atomic mass is 10.1. The molecule has 282 valence electrons. The van der Waals surface area contributed by atoms with Gasteiger partial charge in [-0.2, -0.15) is 0 Å². The number of carbonyl (C=O) groups excluding carboxylic acids is 2. The molecule has 0 unspecified atom stereocenters. The van der Waals surface area contributed by atoms with Gasteiger partial charge in [0, 0.05) is 30.2 Å². The molecule has 0 aromatic carbocycles. The van der Waals surface area contributed by atoms with Gasteiger partial charge >= 0.3 is 11.9 Å². The molecule has 6 heteroatoms. The Balaban J connectivity index is 2.26. The molecule has 0 amide bonds. The van der Waals surface area contributed by atoms with Gasteiger partial charge in [0.05, 0.1) is 12.3 Å². The van der Waals surface area contributed by atoms with Gasteiger partial charge in [0.25, 0.3) is 0 Å². The van der Waals surface area contributed by atoms with Crippen LogP contribution in [0.25, 0.3) is 0 Å². The summed E-state index contributed by atoms with van der Waals surface area (Å²) < 4.78 is 11.3. The minimum Gasteiger partial charge on any atom is -0.461 e. The van der Waals surface area contributed by atoms with E-state index in [0.717, 1.165) is 83.5 Å². The van der Waals surface area contributed by atoms with Gasteiger partial charge in [0.15, 0.2) is 5.75 Å². The summed E-state index contributed by atoms with van der Waals surface area (Å²) in [5.74, 6) is -0.307. The maximum Gasteiger partial charge on any atom is 0.311 e. The van der Waals surface area contributed by atoms with E-state index in [2.05, 4.69) is 67.4 Å². The highest BCUT2D eigenvalue weighted by atomic mass is 16.5. The summed E-state index contributed by atoms with van der Waals surface area (Å²) >= 11 is 0. The molecule has 0 fully saturated rings. The fourth-order valence-electron chi connectivity index (χ4n) is 5.66. The van der Waals surface area contributed by atoms with E-state index in [-0.39, 0.29) is 25.2 Å².